The van der Waals surface area contributed by atoms with Gasteiger partial charge in [0.25, 0.3) is 0 Å². The summed E-state index contributed by atoms with van der Waals surface area (Å²) in [4.78, 5) is 13.0. The number of pyridine rings is 1. The summed E-state index contributed by atoms with van der Waals surface area (Å²) in [5, 5.41) is 6.50. The third kappa shape index (κ3) is 2.99. The van der Waals surface area contributed by atoms with Crippen molar-refractivity contribution in [1.29, 1.82) is 0 Å². The predicted octanol–water partition coefficient (Wildman–Crippen LogP) is 2.70. The van der Waals surface area contributed by atoms with Crippen molar-refractivity contribution < 1.29 is 0 Å². The van der Waals surface area contributed by atoms with Gasteiger partial charge in [0.05, 0.1) is 6.04 Å². The summed E-state index contributed by atoms with van der Waals surface area (Å²) in [7, 11) is 1.86. The highest BCUT2D eigenvalue weighted by molar-refractivity contribution is 5.57. The molecule has 0 saturated carbocycles. The Bertz CT molecular complexity index is 553. The van der Waals surface area contributed by atoms with E-state index in [0.29, 0.717) is 0 Å². The number of anilines is 2. The largest absolute Gasteiger partial charge is 0.373 e. The molecule has 0 radical (unpaired) electrons. The fourth-order valence-corrected chi connectivity index (χ4v) is 1.93. The predicted molar refractivity (Wildman–Crippen MR) is 77.3 cm³/mol. The van der Waals surface area contributed by atoms with E-state index in [9.17, 15) is 0 Å². The lowest BCUT2D eigenvalue weighted by molar-refractivity contribution is 0.856. The molecule has 2 N–H and O–H groups in total. The van der Waals surface area contributed by atoms with Crippen molar-refractivity contribution in [1.82, 2.24) is 15.0 Å². The smallest absolute Gasteiger partial charge is 0.135 e. The molecule has 1 unspecified atom stereocenters. The summed E-state index contributed by atoms with van der Waals surface area (Å²) in [5.41, 5.74) is 2.15. The van der Waals surface area contributed by atoms with Gasteiger partial charge < -0.3 is 10.6 Å². The number of rotatable bonds is 4. The first-order valence-electron chi connectivity index (χ1n) is 6.31. The SMILES string of the molecule is CNc1nc(C)nc(NC(C)c2cccnc2)c1C. The van der Waals surface area contributed by atoms with Gasteiger partial charge in [-0.3, -0.25) is 4.98 Å². The second-order valence-corrected chi connectivity index (χ2v) is 4.50. The fourth-order valence-electron chi connectivity index (χ4n) is 1.93. The topological polar surface area (TPSA) is 62.7 Å². The van der Waals surface area contributed by atoms with Gasteiger partial charge >= 0.3 is 0 Å². The van der Waals surface area contributed by atoms with E-state index in [-0.39, 0.29) is 6.04 Å². The van der Waals surface area contributed by atoms with Crippen LogP contribution in [0, 0.1) is 13.8 Å². The molecule has 100 valence electrons. The molecular weight excluding hydrogens is 238 g/mol. The Hall–Kier alpha value is -2.17. The number of nitrogens with one attached hydrogen (secondary N) is 2. The van der Waals surface area contributed by atoms with Crippen molar-refractivity contribution in [2.24, 2.45) is 0 Å². The number of hydrogen-bond donors (Lipinski definition) is 2. The van der Waals surface area contributed by atoms with Gasteiger partial charge in [-0.1, -0.05) is 6.07 Å². The van der Waals surface area contributed by atoms with Crippen LogP contribution in [0.15, 0.2) is 24.5 Å². The van der Waals surface area contributed by atoms with Crippen LogP contribution in [0.5, 0.6) is 0 Å². The molecule has 0 aliphatic heterocycles. The van der Waals surface area contributed by atoms with Crippen LogP contribution in [0.3, 0.4) is 0 Å². The minimum atomic E-state index is 0.145. The lowest BCUT2D eigenvalue weighted by atomic mass is 10.1. The van der Waals surface area contributed by atoms with Crippen LogP contribution < -0.4 is 10.6 Å². The quantitative estimate of drug-likeness (QED) is 0.881. The Morgan fingerprint density at radius 1 is 1.16 bits per heavy atom. The molecule has 0 saturated heterocycles. The van der Waals surface area contributed by atoms with Gasteiger partial charge in [-0.15, -0.1) is 0 Å². The van der Waals surface area contributed by atoms with Crippen LogP contribution >= 0.6 is 0 Å². The van der Waals surface area contributed by atoms with E-state index in [1.165, 1.54) is 0 Å². The van der Waals surface area contributed by atoms with Crippen molar-refractivity contribution in [3.8, 4) is 0 Å². The van der Waals surface area contributed by atoms with Crippen molar-refractivity contribution >= 4 is 11.6 Å². The van der Waals surface area contributed by atoms with Crippen molar-refractivity contribution in [2.45, 2.75) is 26.8 Å². The van der Waals surface area contributed by atoms with Gasteiger partial charge in [0.1, 0.15) is 17.5 Å². The zero-order valence-corrected chi connectivity index (χ0v) is 11.7. The highest BCUT2D eigenvalue weighted by Gasteiger charge is 2.11. The molecule has 0 amide bonds. The fraction of sp³-hybridized carbons (Fsp3) is 0.357. The standard InChI is InChI=1S/C14H19N5/c1-9-13(15-4)18-11(3)19-14(9)17-10(2)12-6-5-7-16-8-12/h5-8,10H,1-4H3,(H2,15,17,18,19). The summed E-state index contributed by atoms with van der Waals surface area (Å²) >= 11 is 0. The zero-order chi connectivity index (χ0) is 13.8. The van der Waals surface area contributed by atoms with Crippen molar-refractivity contribution in [2.75, 3.05) is 17.7 Å². The molecule has 19 heavy (non-hydrogen) atoms. The van der Waals surface area contributed by atoms with Gasteiger partial charge in [0, 0.05) is 25.0 Å². The van der Waals surface area contributed by atoms with E-state index in [1.807, 2.05) is 39.2 Å². The maximum absolute atomic E-state index is 4.46. The highest BCUT2D eigenvalue weighted by atomic mass is 15.1. The monoisotopic (exact) mass is 257 g/mol. The number of aromatic nitrogens is 3. The summed E-state index contributed by atoms with van der Waals surface area (Å²) in [5.74, 6) is 2.46. The molecule has 5 heteroatoms. The molecule has 0 fully saturated rings. The molecule has 0 aliphatic rings. The average molecular weight is 257 g/mol. The summed E-state index contributed by atoms with van der Waals surface area (Å²) in [6.45, 7) is 5.98. The van der Waals surface area contributed by atoms with Gasteiger partial charge in [0.2, 0.25) is 0 Å². The molecule has 2 aromatic heterocycles. The molecular formula is C14H19N5. The van der Waals surface area contributed by atoms with Crippen LogP contribution in [-0.2, 0) is 0 Å². The summed E-state index contributed by atoms with van der Waals surface area (Å²) in [6, 6.07) is 4.13. The van der Waals surface area contributed by atoms with Crippen LogP contribution in [0.2, 0.25) is 0 Å². The minimum absolute atomic E-state index is 0.145. The Balaban J connectivity index is 2.26. The third-order valence-electron chi connectivity index (χ3n) is 3.03. The van der Waals surface area contributed by atoms with Gasteiger partial charge in [0.15, 0.2) is 0 Å². The van der Waals surface area contributed by atoms with E-state index < -0.39 is 0 Å². The Kier molecular flexibility index (Phi) is 3.94. The number of hydrogen-bond acceptors (Lipinski definition) is 5. The number of aryl methyl sites for hydroxylation is 1. The highest BCUT2D eigenvalue weighted by Crippen LogP contribution is 2.23. The summed E-state index contributed by atoms with van der Waals surface area (Å²) < 4.78 is 0. The van der Waals surface area contributed by atoms with E-state index in [4.69, 9.17) is 0 Å². The summed E-state index contributed by atoms with van der Waals surface area (Å²) in [6.07, 6.45) is 3.63. The molecule has 5 nitrogen and oxygen atoms in total. The van der Waals surface area contributed by atoms with Crippen LogP contribution in [0.25, 0.3) is 0 Å². The Morgan fingerprint density at radius 3 is 2.53 bits per heavy atom. The third-order valence-corrected chi connectivity index (χ3v) is 3.03. The Labute approximate surface area is 113 Å². The molecule has 0 aromatic carbocycles. The molecule has 2 rings (SSSR count). The molecule has 1 atom stereocenters. The van der Waals surface area contributed by atoms with Crippen LogP contribution in [-0.4, -0.2) is 22.0 Å². The van der Waals surface area contributed by atoms with Gasteiger partial charge in [-0.2, -0.15) is 0 Å². The maximum Gasteiger partial charge on any atom is 0.135 e. The first-order valence-corrected chi connectivity index (χ1v) is 6.31. The molecule has 2 aromatic rings. The number of nitrogens with zero attached hydrogens (tertiary/aromatic N) is 3. The lowest BCUT2D eigenvalue weighted by Gasteiger charge is -2.18. The zero-order valence-electron chi connectivity index (χ0n) is 11.7. The van der Waals surface area contributed by atoms with Crippen LogP contribution in [0.1, 0.15) is 29.9 Å². The molecule has 2 heterocycles. The van der Waals surface area contributed by atoms with E-state index in [0.717, 1.165) is 28.6 Å². The lowest BCUT2D eigenvalue weighted by Crippen LogP contribution is -2.12. The average Bonchev–Trinajstić information content (AvgIpc) is 2.43. The van der Waals surface area contributed by atoms with E-state index in [2.05, 4.69) is 32.5 Å². The first kappa shape index (κ1) is 13.3. The molecule has 0 spiro atoms. The first-order chi connectivity index (χ1) is 9.11. The van der Waals surface area contributed by atoms with Gasteiger partial charge in [-0.25, -0.2) is 9.97 Å². The van der Waals surface area contributed by atoms with Gasteiger partial charge in [-0.05, 0) is 32.4 Å². The van der Waals surface area contributed by atoms with E-state index in [1.54, 1.807) is 6.20 Å². The van der Waals surface area contributed by atoms with Crippen molar-refractivity contribution in [3.63, 3.8) is 0 Å². The van der Waals surface area contributed by atoms with E-state index >= 15 is 0 Å². The maximum atomic E-state index is 4.46. The van der Waals surface area contributed by atoms with Crippen molar-refractivity contribution in [3.05, 3.63) is 41.5 Å². The molecule has 0 aliphatic carbocycles. The molecule has 0 bridgehead atoms. The van der Waals surface area contributed by atoms with Crippen LogP contribution in [0.4, 0.5) is 11.6 Å². The normalized spacial score (nSPS) is 12.0. The second kappa shape index (κ2) is 5.65. The second-order valence-electron chi connectivity index (χ2n) is 4.50. The minimum Gasteiger partial charge on any atom is -0.373 e. The Morgan fingerprint density at radius 2 is 1.89 bits per heavy atom.